The molecule has 0 saturated carbocycles. The van der Waals surface area contributed by atoms with E-state index >= 15 is 0 Å². The van der Waals surface area contributed by atoms with Crippen LogP contribution >= 0.6 is 0 Å². The molecule has 1 aromatic rings. The van der Waals surface area contributed by atoms with Gasteiger partial charge in [0.2, 0.25) is 29.5 Å². The van der Waals surface area contributed by atoms with Gasteiger partial charge in [0.05, 0.1) is 6.54 Å². The van der Waals surface area contributed by atoms with Gasteiger partial charge in [-0.25, -0.2) is 0 Å². The third-order valence-corrected chi connectivity index (χ3v) is 7.05. The summed E-state index contributed by atoms with van der Waals surface area (Å²) in [4.78, 5) is 68.7. The molecular formula is C30H47N5O5. The van der Waals surface area contributed by atoms with Gasteiger partial charge in [-0.2, -0.15) is 0 Å². The monoisotopic (exact) mass is 557 g/mol. The minimum Gasteiger partial charge on any atom is -0.354 e. The van der Waals surface area contributed by atoms with Gasteiger partial charge in [-0.1, -0.05) is 65.0 Å². The lowest BCUT2D eigenvalue weighted by Crippen LogP contribution is -2.57. The average molecular weight is 558 g/mol. The van der Waals surface area contributed by atoms with Gasteiger partial charge in [-0.05, 0) is 36.7 Å². The maximum Gasteiger partial charge on any atom is 0.245 e. The van der Waals surface area contributed by atoms with E-state index in [4.69, 9.17) is 0 Å². The maximum atomic E-state index is 13.3. The molecule has 1 saturated heterocycles. The fourth-order valence-electron chi connectivity index (χ4n) is 4.50. The summed E-state index contributed by atoms with van der Waals surface area (Å²) >= 11 is 0. The van der Waals surface area contributed by atoms with E-state index < -0.39 is 35.8 Å². The van der Waals surface area contributed by atoms with Gasteiger partial charge in [0.1, 0.15) is 18.1 Å². The molecule has 1 aromatic carbocycles. The molecule has 1 aliphatic rings. The van der Waals surface area contributed by atoms with Gasteiger partial charge in [-0.3, -0.25) is 24.0 Å². The minimum absolute atomic E-state index is 0.0491. The largest absolute Gasteiger partial charge is 0.354 e. The smallest absolute Gasteiger partial charge is 0.245 e. The van der Waals surface area contributed by atoms with Gasteiger partial charge >= 0.3 is 0 Å². The van der Waals surface area contributed by atoms with E-state index in [0.29, 0.717) is 12.8 Å². The molecule has 0 radical (unpaired) electrons. The molecule has 3 N–H and O–H groups in total. The Kier molecular flexibility index (Phi) is 12.1. The molecule has 222 valence electrons. The predicted octanol–water partition coefficient (Wildman–Crippen LogP) is 1.88. The zero-order valence-corrected chi connectivity index (χ0v) is 25.1. The Labute approximate surface area is 238 Å². The number of amides is 5. The van der Waals surface area contributed by atoms with Crippen LogP contribution in [0, 0.1) is 11.3 Å². The number of rotatable bonds is 5. The molecule has 40 heavy (non-hydrogen) atoms. The van der Waals surface area contributed by atoms with E-state index in [1.54, 1.807) is 6.92 Å². The molecule has 10 heteroatoms. The first-order chi connectivity index (χ1) is 18.7. The van der Waals surface area contributed by atoms with Crippen molar-refractivity contribution in [2.24, 2.45) is 11.3 Å². The predicted molar refractivity (Wildman–Crippen MR) is 154 cm³/mol. The van der Waals surface area contributed by atoms with Gasteiger partial charge in [0.25, 0.3) is 0 Å². The normalized spacial score (nSPS) is 22.6. The fraction of sp³-hybridized carbons (Fsp3) is 0.633. The minimum atomic E-state index is -0.879. The van der Waals surface area contributed by atoms with Crippen molar-refractivity contribution in [1.82, 2.24) is 25.8 Å². The van der Waals surface area contributed by atoms with Crippen molar-refractivity contribution in [2.45, 2.75) is 85.4 Å². The van der Waals surface area contributed by atoms with Crippen LogP contribution in [0.1, 0.15) is 66.4 Å². The first-order valence-corrected chi connectivity index (χ1v) is 14.2. The number of hydrogen-bond donors (Lipinski definition) is 3. The van der Waals surface area contributed by atoms with Crippen molar-refractivity contribution in [3.63, 3.8) is 0 Å². The Hall–Kier alpha value is -3.43. The van der Waals surface area contributed by atoms with Crippen LogP contribution in [-0.4, -0.2) is 84.1 Å². The first kappa shape index (κ1) is 32.8. The third kappa shape index (κ3) is 10.3. The SMILES string of the molecule is CC(C)[C@@H]1NC(=O)[C@@H](C)N(C(=O)CCC(C)(C)C)CCCNC(=O)[C@H](Cc2ccccc2)NC(=O)CN(C)C1=O. The number of nitrogens with zero attached hydrogens (tertiary/aromatic N) is 2. The summed E-state index contributed by atoms with van der Waals surface area (Å²) in [6, 6.07) is 6.84. The summed E-state index contributed by atoms with van der Waals surface area (Å²) < 4.78 is 0. The average Bonchev–Trinajstić information content (AvgIpc) is 2.88. The van der Waals surface area contributed by atoms with Crippen LogP contribution in [0.25, 0.3) is 0 Å². The molecule has 10 nitrogen and oxygen atoms in total. The first-order valence-electron chi connectivity index (χ1n) is 14.2. The molecule has 0 aliphatic carbocycles. The second kappa shape index (κ2) is 14.8. The van der Waals surface area contributed by atoms with Crippen molar-refractivity contribution < 1.29 is 24.0 Å². The third-order valence-electron chi connectivity index (χ3n) is 7.05. The van der Waals surface area contributed by atoms with Crippen LogP contribution < -0.4 is 16.0 Å². The van der Waals surface area contributed by atoms with Crippen LogP contribution in [0.15, 0.2) is 30.3 Å². The maximum absolute atomic E-state index is 13.3. The highest BCUT2D eigenvalue weighted by Crippen LogP contribution is 2.22. The molecule has 1 heterocycles. The van der Waals surface area contributed by atoms with E-state index in [-0.39, 0.29) is 55.6 Å². The summed E-state index contributed by atoms with van der Waals surface area (Å²) in [5, 5.41) is 8.46. The highest BCUT2D eigenvalue weighted by atomic mass is 16.2. The molecule has 2 rings (SSSR count). The van der Waals surface area contributed by atoms with Crippen LogP contribution in [0.5, 0.6) is 0 Å². The second-order valence-corrected chi connectivity index (χ2v) is 12.2. The Morgan fingerprint density at radius 1 is 1.02 bits per heavy atom. The topological polar surface area (TPSA) is 128 Å². The van der Waals surface area contributed by atoms with Crippen molar-refractivity contribution >= 4 is 29.5 Å². The molecule has 0 bridgehead atoms. The summed E-state index contributed by atoms with van der Waals surface area (Å²) in [5.41, 5.74) is 0.834. The summed E-state index contributed by atoms with van der Waals surface area (Å²) in [5.74, 6) is -2.09. The number of likely N-dealkylation sites (N-methyl/N-ethyl adjacent to an activating group) is 1. The summed E-state index contributed by atoms with van der Waals surface area (Å²) in [6.07, 6.45) is 1.65. The number of carbonyl (C=O) groups excluding carboxylic acids is 5. The van der Waals surface area contributed by atoms with E-state index in [0.717, 1.165) is 5.56 Å². The Balaban J connectivity index is 2.34. The fourth-order valence-corrected chi connectivity index (χ4v) is 4.50. The van der Waals surface area contributed by atoms with Crippen molar-refractivity contribution in [3.8, 4) is 0 Å². The highest BCUT2D eigenvalue weighted by Gasteiger charge is 2.33. The lowest BCUT2D eigenvalue weighted by atomic mass is 9.90. The van der Waals surface area contributed by atoms with Crippen molar-refractivity contribution in [1.29, 1.82) is 0 Å². The number of nitrogens with one attached hydrogen (secondary N) is 3. The number of hydrogen-bond acceptors (Lipinski definition) is 5. The standard InChI is InChI=1S/C30H47N5O5/c1-20(2)26-29(40)34(7)19-24(36)32-23(18-22-12-9-8-10-13-22)28(39)31-16-11-17-35(21(3)27(38)33-26)25(37)14-15-30(4,5)6/h8-10,12-13,20-21,23,26H,11,14-19H2,1-7H3,(H,31,39)(H,32,36)(H,33,38)/t21-,23+,26+/m1/s1. The van der Waals surface area contributed by atoms with Crippen molar-refractivity contribution in [2.75, 3.05) is 26.7 Å². The summed E-state index contributed by atoms with van der Waals surface area (Å²) in [6.45, 7) is 11.7. The number of carbonyl (C=O) groups is 5. The highest BCUT2D eigenvalue weighted by molar-refractivity contribution is 5.94. The van der Waals surface area contributed by atoms with Crippen LogP contribution in [0.3, 0.4) is 0 Å². The second-order valence-electron chi connectivity index (χ2n) is 12.2. The molecule has 1 aliphatic heterocycles. The molecule has 1 fully saturated rings. The molecule has 0 aromatic heterocycles. The van der Waals surface area contributed by atoms with Crippen LogP contribution in [0.4, 0.5) is 0 Å². The number of benzene rings is 1. The lowest BCUT2D eigenvalue weighted by Gasteiger charge is -2.33. The van der Waals surface area contributed by atoms with Gasteiger partial charge in [-0.15, -0.1) is 0 Å². The Bertz CT molecular complexity index is 1040. The van der Waals surface area contributed by atoms with Gasteiger partial charge in [0, 0.05) is 33.0 Å². The lowest BCUT2D eigenvalue weighted by molar-refractivity contribution is -0.143. The molecule has 5 amide bonds. The molecular weight excluding hydrogens is 510 g/mol. The van der Waals surface area contributed by atoms with E-state index in [1.807, 2.05) is 44.2 Å². The van der Waals surface area contributed by atoms with Crippen molar-refractivity contribution in [3.05, 3.63) is 35.9 Å². The van der Waals surface area contributed by atoms with E-state index in [1.165, 1.54) is 16.8 Å². The van der Waals surface area contributed by atoms with E-state index in [9.17, 15) is 24.0 Å². The van der Waals surface area contributed by atoms with Gasteiger partial charge < -0.3 is 25.8 Å². The Morgan fingerprint density at radius 2 is 1.68 bits per heavy atom. The molecule has 0 unspecified atom stereocenters. The Morgan fingerprint density at radius 3 is 2.27 bits per heavy atom. The quantitative estimate of drug-likeness (QED) is 0.509. The zero-order valence-electron chi connectivity index (χ0n) is 25.1. The van der Waals surface area contributed by atoms with E-state index in [2.05, 4.69) is 36.7 Å². The molecule has 3 atom stereocenters. The van der Waals surface area contributed by atoms with Crippen LogP contribution in [0.2, 0.25) is 0 Å². The molecule has 0 spiro atoms. The zero-order chi connectivity index (χ0) is 30.0. The van der Waals surface area contributed by atoms with Crippen LogP contribution in [-0.2, 0) is 30.4 Å². The van der Waals surface area contributed by atoms with Gasteiger partial charge in [0.15, 0.2) is 0 Å². The summed E-state index contributed by atoms with van der Waals surface area (Å²) in [7, 11) is 1.49.